The molecule has 0 aliphatic carbocycles. The quantitative estimate of drug-likeness (QED) is 0.492. The van der Waals surface area contributed by atoms with E-state index in [2.05, 4.69) is 5.32 Å². The normalized spacial score (nSPS) is 13.6. The zero-order chi connectivity index (χ0) is 15.1. The number of nitrogens with zero attached hydrogens (tertiary/aromatic N) is 1. The van der Waals surface area contributed by atoms with Gasteiger partial charge in [0.1, 0.15) is 0 Å². The first-order valence-electron chi connectivity index (χ1n) is 6.54. The molecule has 4 N–H and O–H groups in total. The molecule has 0 radical (unpaired) electrons. The first-order valence-corrected chi connectivity index (χ1v) is 6.54. The lowest BCUT2D eigenvalue weighted by molar-refractivity contribution is -0.385. The predicted octanol–water partition coefficient (Wildman–Crippen LogP) is 1.50. The number of hydrogen-bond acceptors (Lipinski definition) is 6. The van der Waals surface area contributed by atoms with Crippen LogP contribution >= 0.6 is 0 Å². The zero-order valence-corrected chi connectivity index (χ0v) is 11.7. The van der Waals surface area contributed by atoms with E-state index >= 15 is 0 Å². The van der Waals surface area contributed by atoms with Crippen molar-refractivity contribution in [1.29, 1.82) is 0 Å². The third-order valence-corrected chi connectivity index (χ3v) is 2.78. The van der Waals surface area contributed by atoms with Gasteiger partial charge in [-0.15, -0.1) is 0 Å². The molecular weight excluding hydrogens is 262 g/mol. The molecule has 0 aliphatic rings. The molecule has 1 rings (SSSR count). The number of anilines is 1. The van der Waals surface area contributed by atoms with E-state index in [0.29, 0.717) is 18.8 Å². The van der Waals surface area contributed by atoms with Crippen molar-refractivity contribution >= 4 is 11.4 Å². The fourth-order valence-electron chi connectivity index (χ4n) is 1.51. The Balaban J connectivity index is 2.80. The lowest BCUT2D eigenvalue weighted by Crippen LogP contribution is -2.38. The van der Waals surface area contributed by atoms with Crippen LogP contribution in [0, 0.1) is 10.1 Å². The van der Waals surface area contributed by atoms with Crippen LogP contribution in [0.2, 0.25) is 0 Å². The first kappa shape index (κ1) is 16.2. The van der Waals surface area contributed by atoms with Gasteiger partial charge in [-0.05, 0) is 19.4 Å². The van der Waals surface area contributed by atoms with Crippen LogP contribution in [0.1, 0.15) is 20.3 Å². The Bertz CT molecular complexity index is 451. The van der Waals surface area contributed by atoms with Crippen molar-refractivity contribution in [1.82, 2.24) is 0 Å². The second-order valence-electron chi connectivity index (χ2n) is 4.57. The summed E-state index contributed by atoms with van der Waals surface area (Å²) in [6.45, 7) is 4.31. The molecule has 0 fully saturated rings. The molecule has 7 nitrogen and oxygen atoms in total. The highest BCUT2D eigenvalue weighted by molar-refractivity contribution is 5.58. The summed E-state index contributed by atoms with van der Waals surface area (Å²) in [5.74, 6) is 0.229. The van der Waals surface area contributed by atoms with Crippen LogP contribution in [0.4, 0.5) is 11.4 Å². The lowest BCUT2D eigenvalue weighted by Gasteiger charge is -2.16. The van der Waals surface area contributed by atoms with Gasteiger partial charge >= 0.3 is 5.69 Å². The molecule has 2 unspecified atom stereocenters. The van der Waals surface area contributed by atoms with Crippen LogP contribution in [0.25, 0.3) is 0 Å². The lowest BCUT2D eigenvalue weighted by atomic mass is 10.2. The Hall–Kier alpha value is -1.86. The van der Waals surface area contributed by atoms with Crippen LogP contribution in [0.3, 0.4) is 0 Å². The average molecular weight is 283 g/mol. The summed E-state index contributed by atoms with van der Waals surface area (Å²) in [6, 6.07) is 4.14. The van der Waals surface area contributed by atoms with Crippen LogP contribution in [0.15, 0.2) is 18.2 Å². The second-order valence-corrected chi connectivity index (χ2v) is 4.57. The molecule has 2 atom stereocenters. The molecule has 0 bridgehead atoms. The van der Waals surface area contributed by atoms with E-state index in [-0.39, 0.29) is 11.4 Å². The summed E-state index contributed by atoms with van der Waals surface area (Å²) in [4.78, 5) is 10.4. The Morgan fingerprint density at radius 3 is 2.80 bits per heavy atom. The molecule has 7 heteroatoms. The largest absolute Gasteiger partial charge is 0.487 e. The van der Waals surface area contributed by atoms with Crippen LogP contribution < -0.4 is 15.8 Å². The maximum absolute atomic E-state index is 10.9. The fraction of sp³-hybridized carbons (Fsp3) is 0.538. The number of ether oxygens (including phenoxy) is 1. The van der Waals surface area contributed by atoms with E-state index in [1.807, 2.05) is 6.92 Å². The zero-order valence-electron chi connectivity index (χ0n) is 11.7. The van der Waals surface area contributed by atoms with Gasteiger partial charge in [-0.3, -0.25) is 10.1 Å². The van der Waals surface area contributed by atoms with Gasteiger partial charge in [-0.2, -0.15) is 0 Å². The summed E-state index contributed by atoms with van der Waals surface area (Å²) in [5.41, 5.74) is 6.31. The van der Waals surface area contributed by atoms with Crippen LogP contribution in [-0.4, -0.2) is 35.3 Å². The summed E-state index contributed by atoms with van der Waals surface area (Å²) in [6.07, 6.45) is 0.137. The summed E-state index contributed by atoms with van der Waals surface area (Å²) in [5, 5.41) is 23.2. The van der Waals surface area contributed by atoms with Crippen molar-refractivity contribution in [3.63, 3.8) is 0 Å². The minimum atomic E-state index is -0.628. The van der Waals surface area contributed by atoms with E-state index in [4.69, 9.17) is 10.5 Å². The van der Waals surface area contributed by atoms with E-state index < -0.39 is 17.1 Å². The molecule has 0 amide bonds. The van der Waals surface area contributed by atoms with Crippen molar-refractivity contribution in [2.45, 2.75) is 32.4 Å². The van der Waals surface area contributed by atoms with Crippen molar-refractivity contribution in [2.75, 3.05) is 18.5 Å². The number of nitrogens with one attached hydrogen (secondary N) is 1. The number of aliphatic hydroxyl groups is 1. The minimum Gasteiger partial charge on any atom is -0.487 e. The predicted molar refractivity (Wildman–Crippen MR) is 77.0 cm³/mol. The first-order chi connectivity index (χ1) is 9.45. The Kier molecular flexibility index (Phi) is 6.20. The number of aliphatic hydroxyl groups excluding tert-OH is 1. The number of nitro groups is 1. The monoisotopic (exact) mass is 283 g/mol. The molecule has 0 heterocycles. The average Bonchev–Trinajstić information content (AvgIpc) is 2.42. The Morgan fingerprint density at radius 1 is 1.55 bits per heavy atom. The number of nitrogens with two attached hydrogens (primary N) is 1. The Morgan fingerprint density at radius 2 is 2.25 bits per heavy atom. The van der Waals surface area contributed by atoms with Gasteiger partial charge in [-0.1, -0.05) is 6.92 Å². The fourth-order valence-corrected chi connectivity index (χ4v) is 1.51. The molecule has 1 aromatic carbocycles. The molecule has 20 heavy (non-hydrogen) atoms. The van der Waals surface area contributed by atoms with Gasteiger partial charge < -0.3 is 20.9 Å². The van der Waals surface area contributed by atoms with E-state index in [1.165, 1.54) is 6.07 Å². The SMILES string of the molecule is CCCOc1cc(NCC(N)C(C)O)ccc1[N+](=O)[O-]. The Labute approximate surface area is 117 Å². The third-order valence-electron chi connectivity index (χ3n) is 2.78. The molecule has 1 aromatic rings. The highest BCUT2D eigenvalue weighted by atomic mass is 16.6. The maximum Gasteiger partial charge on any atom is 0.311 e. The molecule has 0 saturated carbocycles. The van der Waals surface area contributed by atoms with Gasteiger partial charge in [0.15, 0.2) is 5.75 Å². The second kappa shape index (κ2) is 7.66. The number of hydrogen-bond donors (Lipinski definition) is 3. The minimum absolute atomic E-state index is 0.0659. The highest BCUT2D eigenvalue weighted by Gasteiger charge is 2.16. The van der Waals surface area contributed by atoms with Crippen LogP contribution in [-0.2, 0) is 0 Å². The van der Waals surface area contributed by atoms with Crippen LogP contribution in [0.5, 0.6) is 5.75 Å². The third kappa shape index (κ3) is 4.67. The van der Waals surface area contributed by atoms with Gasteiger partial charge in [0, 0.05) is 30.4 Å². The number of benzene rings is 1. The van der Waals surface area contributed by atoms with Crippen molar-refractivity contribution in [2.24, 2.45) is 5.73 Å². The summed E-state index contributed by atoms with van der Waals surface area (Å²) >= 11 is 0. The van der Waals surface area contributed by atoms with Crippen molar-refractivity contribution < 1.29 is 14.8 Å². The van der Waals surface area contributed by atoms with Gasteiger partial charge in [0.2, 0.25) is 0 Å². The van der Waals surface area contributed by atoms with Crippen molar-refractivity contribution in [3.8, 4) is 5.75 Å². The molecule has 0 spiro atoms. The smallest absolute Gasteiger partial charge is 0.311 e. The van der Waals surface area contributed by atoms with E-state index in [9.17, 15) is 15.2 Å². The summed E-state index contributed by atoms with van der Waals surface area (Å²) < 4.78 is 5.38. The standard InChI is InChI=1S/C13H21N3O4/c1-3-6-20-13-7-10(4-5-12(13)16(18)19)15-8-11(14)9(2)17/h4-5,7,9,11,15,17H,3,6,8,14H2,1-2H3. The van der Waals surface area contributed by atoms with Gasteiger partial charge in [-0.25, -0.2) is 0 Å². The molecule has 112 valence electrons. The summed E-state index contributed by atoms with van der Waals surface area (Å²) in [7, 11) is 0. The highest BCUT2D eigenvalue weighted by Crippen LogP contribution is 2.30. The molecular formula is C13H21N3O4. The molecule has 0 aliphatic heterocycles. The molecule has 0 aromatic heterocycles. The van der Waals surface area contributed by atoms with E-state index in [0.717, 1.165) is 6.42 Å². The molecule has 0 saturated heterocycles. The maximum atomic E-state index is 10.9. The number of rotatable bonds is 8. The van der Waals surface area contributed by atoms with Gasteiger partial charge in [0.25, 0.3) is 0 Å². The topological polar surface area (TPSA) is 111 Å². The van der Waals surface area contributed by atoms with Crippen molar-refractivity contribution in [3.05, 3.63) is 28.3 Å². The van der Waals surface area contributed by atoms with Gasteiger partial charge in [0.05, 0.1) is 17.6 Å². The van der Waals surface area contributed by atoms with E-state index in [1.54, 1.807) is 19.1 Å². The number of nitro benzene ring substituents is 1.